The van der Waals surface area contributed by atoms with Gasteiger partial charge >= 0.3 is 5.97 Å². The first-order valence-electron chi connectivity index (χ1n) is 5.40. The van der Waals surface area contributed by atoms with Crippen LogP contribution < -0.4 is 5.32 Å². The van der Waals surface area contributed by atoms with Gasteiger partial charge in [-0.1, -0.05) is 0 Å². The van der Waals surface area contributed by atoms with Crippen LogP contribution in [0.1, 0.15) is 20.3 Å². The largest absolute Gasteiger partial charge is 0.466 e. The number of carbonyl (C=O) groups excluding carboxylic acids is 1. The van der Waals surface area contributed by atoms with Gasteiger partial charge in [0.1, 0.15) is 11.6 Å². The molecule has 1 aromatic carbocycles. The van der Waals surface area contributed by atoms with Crippen molar-refractivity contribution in [2.24, 2.45) is 0 Å². The molecule has 1 atom stereocenters. The highest BCUT2D eigenvalue weighted by molar-refractivity contribution is 5.70. The smallest absolute Gasteiger partial charge is 0.307 e. The Bertz CT molecular complexity index is 396. The molecule has 0 bridgehead atoms. The van der Waals surface area contributed by atoms with Crippen molar-refractivity contribution < 1.29 is 18.3 Å². The van der Waals surface area contributed by atoms with Crippen LogP contribution in [0.4, 0.5) is 14.5 Å². The van der Waals surface area contributed by atoms with Gasteiger partial charge in [-0.2, -0.15) is 0 Å². The van der Waals surface area contributed by atoms with E-state index < -0.39 is 11.6 Å². The van der Waals surface area contributed by atoms with Crippen molar-refractivity contribution in [1.82, 2.24) is 0 Å². The Morgan fingerprint density at radius 3 is 2.82 bits per heavy atom. The molecule has 1 aromatic rings. The maximum atomic E-state index is 13.3. The molecule has 1 N–H and O–H groups in total. The average Bonchev–Trinajstić information content (AvgIpc) is 2.23. The Morgan fingerprint density at radius 1 is 1.47 bits per heavy atom. The van der Waals surface area contributed by atoms with Gasteiger partial charge in [-0.15, -0.1) is 0 Å². The summed E-state index contributed by atoms with van der Waals surface area (Å²) >= 11 is 0. The standard InChI is InChI=1S/C12H15F2NO2/c1-3-17-12(16)6-8(2)15-11-7-9(13)4-5-10(11)14/h4-5,7-8,15H,3,6H2,1-2H3. The number of nitrogens with one attached hydrogen (secondary N) is 1. The van der Waals surface area contributed by atoms with Crippen molar-refractivity contribution in [3.8, 4) is 0 Å². The number of halogens is 2. The molecule has 0 heterocycles. The van der Waals surface area contributed by atoms with E-state index in [-0.39, 0.29) is 24.1 Å². The van der Waals surface area contributed by atoms with Gasteiger partial charge in [0.15, 0.2) is 0 Å². The molecule has 0 amide bonds. The second kappa shape index (κ2) is 6.18. The number of ether oxygens (including phenoxy) is 1. The molecule has 0 saturated carbocycles. The highest BCUT2D eigenvalue weighted by atomic mass is 19.1. The molecule has 5 heteroatoms. The van der Waals surface area contributed by atoms with Gasteiger partial charge in [0.05, 0.1) is 18.7 Å². The topological polar surface area (TPSA) is 38.3 Å². The lowest BCUT2D eigenvalue weighted by atomic mass is 10.2. The molecular formula is C12H15F2NO2. The lowest BCUT2D eigenvalue weighted by molar-refractivity contribution is -0.143. The van der Waals surface area contributed by atoms with Gasteiger partial charge < -0.3 is 10.1 Å². The summed E-state index contributed by atoms with van der Waals surface area (Å²) in [5, 5.41) is 2.72. The van der Waals surface area contributed by atoms with Crippen LogP contribution >= 0.6 is 0 Å². The summed E-state index contributed by atoms with van der Waals surface area (Å²) in [6.45, 7) is 3.71. The van der Waals surface area contributed by atoms with Crippen LogP contribution in [0.25, 0.3) is 0 Å². The summed E-state index contributed by atoms with van der Waals surface area (Å²) in [6, 6.07) is 2.80. The highest BCUT2D eigenvalue weighted by Gasteiger charge is 2.12. The Balaban J connectivity index is 2.58. The third-order valence-corrected chi connectivity index (χ3v) is 2.11. The van der Waals surface area contributed by atoms with Crippen molar-refractivity contribution >= 4 is 11.7 Å². The van der Waals surface area contributed by atoms with Crippen LogP contribution in [0.15, 0.2) is 18.2 Å². The lowest BCUT2D eigenvalue weighted by Crippen LogP contribution is -2.21. The number of esters is 1. The van der Waals surface area contributed by atoms with Crippen molar-refractivity contribution in [3.05, 3.63) is 29.8 Å². The quantitative estimate of drug-likeness (QED) is 0.808. The minimum Gasteiger partial charge on any atom is -0.466 e. The van der Waals surface area contributed by atoms with Crippen LogP contribution in [0.5, 0.6) is 0 Å². The zero-order valence-electron chi connectivity index (χ0n) is 9.80. The second-order valence-electron chi connectivity index (χ2n) is 3.68. The maximum absolute atomic E-state index is 13.3. The van der Waals surface area contributed by atoms with E-state index in [9.17, 15) is 13.6 Å². The normalized spacial score (nSPS) is 12.0. The van der Waals surface area contributed by atoms with E-state index in [4.69, 9.17) is 4.74 Å². The number of anilines is 1. The third-order valence-electron chi connectivity index (χ3n) is 2.11. The van der Waals surface area contributed by atoms with Crippen molar-refractivity contribution in [2.45, 2.75) is 26.3 Å². The molecule has 0 radical (unpaired) electrons. The number of benzene rings is 1. The molecule has 94 valence electrons. The fourth-order valence-corrected chi connectivity index (χ4v) is 1.39. The minimum atomic E-state index is -0.554. The van der Waals surface area contributed by atoms with E-state index in [0.717, 1.165) is 18.2 Å². The first-order chi connectivity index (χ1) is 8.02. The van der Waals surface area contributed by atoms with Crippen LogP contribution in [-0.4, -0.2) is 18.6 Å². The fourth-order valence-electron chi connectivity index (χ4n) is 1.39. The average molecular weight is 243 g/mol. The molecule has 0 aliphatic heterocycles. The summed E-state index contributed by atoms with van der Waals surface area (Å²) < 4.78 is 30.9. The zero-order valence-corrected chi connectivity index (χ0v) is 9.80. The first kappa shape index (κ1) is 13.4. The zero-order chi connectivity index (χ0) is 12.8. The molecule has 1 unspecified atom stereocenters. The van der Waals surface area contributed by atoms with Gasteiger partial charge in [0.2, 0.25) is 0 Å². The third kappa shape index (κ3) is 4.38. The van der Waals surface area contributed by atoms with E-state index in [1.165, 1.54) is 0 Å². The summed E-state index contributed by atoms with van der Waals surface area (Å²) in [5.41, 5.74) is 0.0433. The molecule has 0 spiro atoms. The van der Waals surface area contributed by atoms with Crippen LogP contribution in [-0.2, 0) is 9.53 Å². The van der Waals surface area contributed by atoms with Gasteiger partial charge in [-0.3, -0.25) is 4.79 Å². The van der Waals surface area contributed by atoms with Crippen molar-refractivity contribution in [1.29, 1.82) is 0 Å². The van der Waals surface area contributed by atoms with Crippen LogP contribution in [0.3, 0.4) is 0 Å². The van der Waals surface area contributed by atoms with Crippen LogP contribution in [0.2, 0.25) is 0 Å². The number of hydrogen-bond donors (Lipinski definition) is 1. The predicted octanol–water partition coefficient (Wildman–Crippen LogP) is 2.72. The predicted molar refractivity (Wildman–Crippen MR) is 60.7 cm³/mol. The summed E-state index contributed by atoms with van der Waals surface area (Å²) in [6.07, 6.45) is 0.101. The summed E-state index contributed by atoms with van der Waals surface area (Å²) in [4.78, 5) is 11.2. The Hall–Kier alpha value is -1.65. The van der Waals surface area contributed by atoms with Crippen molar-refractivity contribution in [2.75, 3.05) is 11.9 Å². The fraction of sp³-hybridized carbons (Fsp3) is 0.417. The SMILES string of the molecule is CCOC(=O)CC(C)Nc1cc(F)ccc1F. The molecule has 0 aliphatic carbocycles. The minimum absolute atomic E-state index is 0.0433. The Morgan fingerprint density at radius 2 is 2.18 bits per heavy atom. The van der Waals surface area contributed by atoms with Gasteiger partial charge in [0.25, 0.3) is 0 Å². The van der Waals surface area contributed by atoms with E-state index in [2.05, 4.69) is 5.32 Å². The number of rotatable bonds is 5. The molecular weight excluding hydrogens is 228 g/mol. The first-order valence-corrected chi connectivity index (χ1v) is 5.40. The van der Waals surface area contributed by atoms with Gasteiger partial charge in [0, 0.05) is 6.04 Å². The monoisotopic (exact) mass is 243 g/mol. The molecule has 0 fully saturated rings. The number of hydrogen-bond acceptors (Lipinski definition) is 3. The Kier molecular flexibility index (Phi) is 4.87. The molecule has 0 saturated heterocycles. The molecule has 17 heavy (non-hydrogen) atoms. The van der Waals surface area contributed by atoms with E-state index in [0.29, 0.717) is 6.61 Å². The van der Waals surface area contributed by atoms with Crippen molar-refractivity contribution in [3.63, 3.8) is 0 Å². The maximum Gasteiger partial charge on any atom is 0.307 e. The van der Waals surface area contributed by atoms with E-state index >= 15 is 0 Å². The van der Waals surface area contributed by atoms with E-state index in [1.54, 1.807) is 13.8 Å². The Labute approximate surface area is 98.8 Å². The van der Waals surface area contributed by atoms with Gasteiger partial charge in [-0.05, 0) is 32.0 Å². The van der Waals surface area contributed by atoms with Gasteiger partial charge in [-0.25, -0.2) is 8.78 Å². The molecule has 0 aliphatic rings. The highest BCUT2D eigenvalue weighted by Crippen LogP contribution is 2.17. The lowest BCUT2D eigenvalue weighted by Gasteiger charge is -2.14. The number of carbonyl (C=O) groups is 1. The molecule has 1 rings (SSSR count). The summed E-state index contributed by atoms with van der Waals surface area (Å²) in [5.74, 6) is -1.45. The molecule has 3 nitrogen and oxygen atoms in total. The second-order valence-corrected chi connectivity index (χ2v) is 3.68. The summed E-state index contributed by atoms with van der Waals surface area (Å²) in [7, 11) is 0. The van der Waals surface area contributed by atoms with E-state index in [1.807, 2.05) is 0 Å². The molecule has 0 aromatic heterocycles. The van der Waals surface area contributed by atoms with Crippen LogP contribution in [0, 0.1) is 11.6 Å².